The predicted molar refractivity (Wildman–Crippen MR) is 96.2 cm³/mol. The summed E-state index contributed by atoms with van der Waals surface area (Å²) in [4.78, 5) is 12.1. The molecule has 3 nitrogen and oxygen atoms in total. The Morgan fingerprint density at radius 2 is 1.96 bits per heavy atom. The van der Waals surface area contributed by atoms with Gasteiger partial charge in [-0.2, -0.15) is 0 Å². The van der Waals surface area contributed by atoms with Crippen LogP contribution in [0.5, 0.6) is 0 Å². The lowest BCUT2D eigenvalue weighted by Crippen LogP contribution is -2.86. The van der Waals surface area contributed by atoms with E-state index in [-0.39, 0.29) is 23.5 Å². The van der Waals surface area contributed by atoms with Gasteiger partial charge in [0, 0.05) is 11.3 Å². The highest BCUT2D eigenvalue weighted by Gasteiger charge is 2.17. The molecule has 128 valence electrons. The number of rotatable bonds is 5. The molecule has 0 bridgehead atoms. The molecule has 2 aromatic rings. The van der Waals surface area contributed by atoms with Gasteiger partial charge in [-0.25, -0.2) is 4.39 Å². The second kappa shape index (κ2) is 7.97. The molecular weight excluding hydrogens is 350 g/mol. The maximum Gasteiger partial charge on any atom is 0.279 e. The monoisotopic (exact) mass is 369 g/mol. The van der Waals surface area contributed by atoms with E-state index >= 15 is 0 Å². The third-order valence-electron chi connectivity index (χ3n) is 4.07. The molecule has 0 saturated heterocycles. The van der Waals surface area contributed by atoms with Gasteiger partial charge in [0.05, 0.1) is 10.0 Å². The molecule has 0 unspecified atom stereocenters. The molecule has 0 aliphatic rings. The first-order valence-corrected chi connectivity index (χ1v) is 8.39. The largest absolute Gasteiger partial charge is 0.332 e. The van der Waals surface area contributed by atoms with E-state index in [9.17, 15) is 9.18 Å². The Morgan fingerprint density at radius 3 is 2.67 bits per heavy atom. The number of nitrogens with one attached hydrogen (secondary N) is 1. The Bertz CT molecular complexity index is 765. The number of hydrogen-bond acceptors (Lipinski definition) is 1. The molecule has 0 spiro atoms. The maximum atomic E-state index is 13.6. The van der Waals surface area contributed by atoms with Gasteiger partial charge in [-0.15, -0.1) is 0 Å². The summed E-state index contributed by atoms with van der Waals surface area (Å²) in [7, 11) is 0. The zero-order chi connectivity index (χ0) is 17.9. The van der Waals surface area contributed by atoms with Gasteiger partial charge < -0.3 is 10.6 Å². The van der Waals surface area contributed by atoms with Crippen molar-refractivity contribution in [3.63, 3.8) is 0 Å². The summed E-state index contributed by atoms with van der Waals surface area (Å²) in [6.45, 7) is 6.03. The van der Waals surface area contributed by atoms with Crippen molar-refractivity contribution in [3.8, 4) is 0 Å². The fourth-order valence-corrected chi connectivity index (χ4v) is 2.94. The van der Waals surface area contributed by atoms with Crippen molar-refractivity contribution in [2.45, 2.75) is 26.8 Å². The number of carbonyl (C=O) groups excluding carboxylic acids is 1. The molecule has 2 rings (SSSR count). The minimum absolute atomic E-state index is 0.0105. The number of amides is 1. The Morgan fingerprint density at radius 1 is 1.25 bits per heavy atom. The molecule has 0 fully saturated rings. The summed E-state index contributed by atoms with van der Waals surface area (Å²) in [5.74, 6) is -0.641. The van der Waals surface area contributed by atoms with E-state index < -0.39 is 5.82 Å². The molecule has 3 N–H and O–H groups in total. The van der Waals surface area contributed by atoms with Crippen LogP contribution in [0.25, 0.3) is 0 Å². The smallest absolute Gasteiger partial charge is 0.279 e. The first-order valence-electron chi connectivity index (χ1n) is 7.63. The van der Waals surface area contributed by atoms with Gasteiger partial charge in [0.25, 0.3) is 5.91 Å². The molecule has 0 saturated carbocycles. The fraction of sp³-hybridized carbons (Fsp3) is 0.278. The maximum absolute atomic E-state index is 13.6. The summed E-state index contributed by atoms with van der Waals surface area (Å²) in [5, 5.41) is 5.07. The van der Waals surface area contributed by atoms with Crippen molar-refractivity contribution < 1.29 is 14.5 Å². The lowest BCUT2D eigenvalue weighted by Gasteiger charge is -2.14. The SMILES string of the molecule is Cc1cccc(NC(=O)C[NH2+][C@H](C)c2cc(F)c(Cl)cc2Cl)c1C. The number of carbonyl (C=O) groups is 1. The molecular formula is C18H20Cl2FN2O+. The number of anilines is 1. The van der Waals surface area contributed by atoms with Gasteiger partial charge >= 0.3 is 0 Å². The van der Waals surface area contributed by atoms with Gasteiger partial charge in [0.2, 0.25) is 0 Å². The van der Waals surface area contributed by atoms with Crippen molar-refractivity contribution in [2.75, 3.05) is 11.9 Å². The van der Waals surface area contributed by atoms with Crippen LogP contribution in [-0.2, 0) is 4.79 Å². The van der Waals surface area contributed by atoms with Crippen LogP contribution in [0.3, 0.4) is 0 Å². The zero-order valence-electron chi connectivity index (χ0n) is 13.8. The number of hydrogen-bond donors (Lipinski definition) is 2. The molecule has 0 radical (unpaired) electrons. The van der Waals surface area contributed by atoms with Crippen LogP contribution >= 0.6 is 23.2 Å². The third-order valence-corrected chi connectivity index (χ3v) is 4.68. The van der Waals surface area contributed by atoms with Crippen LogP contribution in [0.4, 0.5) is 10.1 Å². The molecule has 0 aliphatic carbocycles. The second-order valence-corrected chi connectivity index (χ2v) is 6.63. The summed E-state index contributed by atoms with van der Waals surface area (Å²) < 4.78 is 13.6. The van der Waals surface area contributed by atoms with Crippen LogP contribution in [-0.4, -0.2) is 12.5 Å². The van der Waals surface area contributed by atoms with E-state index in [1.54, 1.807) is 5.32 Å². The highest BCUT2D eigenvalue weighted by molar-refractivity contribution is 6.35. The highest BCUT2D eigenvalue weighted by Crippen LogP contribution is 2.27. The Labute approximate surface area is 151 Å². The van der Waals surface area contributed by atoms with Crippen LogP contribution in [0.1, 0.15) is 29.7 Å². The normalized spacial score (nSPS) is 12.1. The fourth-order valence-electron chi connectivity index (χ4n) is 2.39. The van der Waals surface area contributed by atoms with Gasteiger partial charge in [-0.1, -0.05) is 35.3 Å². The Balaban J connectivity index is 1.99. The summed E-state index contributed by atoms with van der Waals surface area (Å²) in [6, 6.07) is 8.29. The topological polar surface area (TPSA) is 45.7 Å². The minimum atomic E-state index is -0.517. The molecule has 1 atom stereocenters. The highest BCUT2D eigenvalue weighted by atomic mass is 35.5. The number of benzene rings is 2. The van der Waals surface area contributed by atoms with Gasteiger partial charge in [-0.05, 0) is 50.1 Å². The van der Waals surface area contributed by atoms with Crippen LogP contribution < -0.4 is 10.6 Å². The van der Waals surface area contributed by atoms with Crippen molar-refractivity contribution in [2.24, 2.45) is 0 Å². The average molecular weight is 370 g/mol. The number of quaternary nitrogens is 1. The molecule has 24 heavy (non-hydrogen) atoms. The zero-order valence-corrected chi connectivity index (χ0v) is 15.3. The average Bonchev–Trinajstić information content (AvgIpc) is 2.53. The van der Waals surface area contributed by atoms with E-state index in [2.05, 4.69) is 5.32 Å². The molecule has 1 amide bonds. The quantitative estimate of drug-likeness (QED) is 0.768. The minimum Gasteiger partial charge on any atom is -0.332 e. The lowest BCUT2D eigenvalue weighted by molar-refractivity contribution is -0.682. The molecule has 0 heterocycles. The third kappa shape index (κ3) is 4.47. The van der Waals surface area contributed by atoms with Gasteiger partial charge in [0.15, 0.2) is 6.54 Å². The first kappa shape index (κ1) is 18.7. The standard InChI is InChI=1S/C18H19Cl2FN2O/c1-10-5-4-6-17(11(10)2)23-18(24)9-22-12(3)13-7-16(21)15(20)8-14(13)19/h4-8,12,22H,9H2,1-3H3,(H,23,24)/p+1/t12-/m1/s1. The van der Waals surface area contributed by atoms with E-state index in [0.717, 1.165) is 16.8 Å². The molecule has 6 heteroatoms. The first-order chi connectivity index (χ1) is 11.3. The molecule has 0 aliphatic heterocycles. The Kier molecular flexibility index (Phi) is 6.21. The van der Waals surface area contributed by atoms with E-state index in [0.29, 0.717) is 10.6 Å². The van der Waals surface area contributed by atoms with E-state index in [1.807, 2.05) is 39.0 Å². The van der Waals surface area contributed by atoms with Gasteiger partial charge in [0.1, 0.15) is 11.9 Å². The van der Waals surface area contributed by atoms with Gasteiger partial charge in [-0.3, -0.25) is 4.79 Å². The second-order valence-electron chi connectivity index (χ2n) is 5.81. The van der Waals surface area contributed by atoms with Crippen LogP contribution in [0.2, 0.25) is 10.0 Å². The van der Waals surface area contributed by atoms with Crippen molar-refractivity contribution in [1.82, 2.24) is 0 Å². The lowest BCUT2D eigenvalue weighted by atomic mass is 10.1. The predicted octanol–water partition coefficient (Wildman–Crippen LogP) is 4.01. The van der Waals surface area contributed by atoms with Crippen LogP contribution in [0.15, 0.2) is 30.3 Å². The molecule has 2 aromatic carbocycles. The Hall–Kier alpha value is -1.62. The van der Waals surface area contributed by atoms with E-state index in [1.165, 1.54) is 12.1 Å². The summed E-state index contributed by atoms with van der Waals surface area (Å²) in [5.41, 5.74) is 3.57. The molecule has 0 aromatic heterocycles. The van der Waals surface area contributed by atoms with E-state index in [4.69, 9.17) is 23.2 Å². The number of nitrogens with two attached hydrogens (primary N) is 1. The number of aryl methyl sites for hydroxylation is 1. The number of halogens is 3. The van der Waals surface area contributed by atoms with Crippen molar-refractivity contribution in [1.29, 1.82) is 0 Å². The summed E-state index contributed by atoms with van der Waals surface area (Å²) >= 11 is 11.8. The summed E-state index contributed by atoms with van der Waals surface area (Å²) in [6.07, 6.45) is 0. The van der Waals surface area contributed by atoms with Crippen molar-refractivity contribution in [3.05, 3.63) is 62.9 Å². The van der Waals surface area contributed by atoms with Crippen LogP contribution in [0, 0.1) is 19.7 Å². The van der Waals surface area contributed by atoms with Crippen molar-refractivity contribution >= 4 is 34.8 Å².